The third kappa shape index (κ3) is 4.43. The van der Waals surface area contributed by atoms with Gasteiger partial charge in [-0.15, -0.1) is 11.3 Å². The first-order chi connectivity index (χ1) is 9.49. The second kappa shape index (κ2) is 6.87. The van der Waals surface area contributed by atoms with Crippen LogP contribution in [0.4, 0.5) is 13.2 Å². The molecule has 1 aliphatic rings. The second-order valence-electron chi connectivity index (χ2n) is 4.93. The van der Waals surface area contributed by atoms with E-state index in [0.29, 0.717) is 11.0 Å². The number of ether oxygens (including phenoxy) is 1. The smallest absolute Gasteiger partial charge is 0.365 e. The highest BCUT2D eigenvalue weighted by Crippen LogP contribution is 2.34. The minimum Gasteiger partial charge on any atom is -0.365 e. The van der Waals surface area contributed by atoms with Crippen molar-refractivity contribution in [2.24, 2.45) is 0 Å². The molecule has 20 heavy (non-hydrogen) atoms. The van der Waals surface area contributed by atoms with Crippen LogP contribution in [0.2, 0.25) is 0 Å². The molecule has 0 saturated heterocycles. The van der Waals surface area contributed by atoms with Gasteiger partial charge in [0.15, 0.2) is 0 Å². The van der Waals surface area contributed by atoms with Gasteiger partial charge in [0.1, 0.15) is 11.6 Å². The third-order valence-electron chi connectivity index (χ3n) is 3.13. The van der Waals surface area contributed by atoms with Crippen molar-refractivity contribution >= 4 is 11.3 Å². The molecule has 7 heteroatoms. The monoisotopic (exact) mass is 308 g/mol. The van der Waals surface area contributed by atoms with Crippen LogP contribution in [0.25, 0.3) is 0 Å². The molecule has 1 heterocycles. The first-order valence-electron chi connectivity index (χ1n) is 6.86. The number of nitrogens with zero attached hydrogens (tertiary/aromatic N) is 1. The number of alkyl halides is 3. The lowest BCUT2D eigenvalue weighted by Crippen LogP contribution is -2.24. The molecule has 2 rings (SSSR count). The number of halogens is 3. The number of rotatable bonds is 6. The van der Waals surface area contributed by atoms with Crippen molar-refractivity contribution in [1.82, 2.24) is 10.3 Å². The first kappa shape index (κ1) is 15.7. The van der Waals surface area contributed by atoms with Crippen LogP contribution in [0.1, 0.15) is 47.8 Å². The number of nitrogens with one attached hydrogen (secondary N) is 1. The minimum absolute atomic E-state index is 0.0579. The van der Waals surface area contributed by atoms with Crippen LogP contribution in [0.5, 0.6) is 0 Å². The van der Waals surface area contributed by atoms with Gasteiger partial charge in [0, 0.05) is 10.9 Å². The highest BCUT2D eigenvalue weighted by atomic mass is 32.1. The van der Waals surface area contributed by atoms with Gasteiger partial charge in [-0.3, -0.25) is 0 Å². The van der Waals surface area contributed by atoms with Crippen molar-refractivity contribution in [3.8, 4) is 0 Å². The predicted molar refractivity (Wildman–Crippen MR) is 71.8 cm³/mol. The van der Waals surface area contributed by atoms with Crippen LogP contribution in [-0.2, 0) is 17.8 Å². The van der Waals surface area contributed by atoms with Crippen LogP contribution in [0, 0.1) is 0 Å². The van der Waals surface area contributed by atoms with Crippen LogP contribution >= 0.6 is 11.3 Å². The summed E-state index contributed by atoms with van der Waals surface area (Å²) in [5, 5.41) is 4.11. The normalized spacial score (nSPS) is 19.1. The molecule has 1 unspecified atom stereocenters. The predicted octanol–water partition coefficient (Wildman–Crippen LogP) is 3.60. The molecule has 1 aromatic rings. The highest BCUT2D eigenvalue weighted by Gasteiger charge is 2.28. The fourth-order valence-corrected chi connectivity index (χ4v) is 3.46. The maximum Gasteiger partial charge on any atom is 0.411 e. The molecule has 0 saturated carbocycles. The van der Waals surface area contributed by atoms with Crippen molar-refractivity contribution < 1.29 is 17.9 Å². The van der Waals surface area contributed by atoms with E-state index in [4.69, 9.17) is 0 Å². The standard InChI is InChI=1S/C13H19F3N2OS/c1-2-6-17-9-4-3-5-10-12(9)20-11(18-10)7-19-8-13(14,15)16/h9,17H,2-8H2,1H3. The van der Waals surface area contributed by atoms with E-state index in [1.807, 2.05) is 0 Å². The van der Waals surface area contributed by atoms with Gasteiger partial charge in [0.2, 0.25) is 0 Å². The zero-order chi connectivity index (χ0) is 14.6. The van der Waals surface area contributed by atoms with E-state index in [1.165, 1.54) is 16.2 Å². The fourth-order valence-electron chi connectivity index (χ4n) is 2.30. The Hall–Kier alpha value is -0.660. The molecule has 1 aliphatic carbocycles. The Labute approximate surface area is 120 Å². The molecule has 0 spiro atoms. The SMILES string of the molecule is CCCNC1CCCc2nc(COCC(F)(F)F)sc21. The van der Waals surface area contributed by atoms with E-state index >= 15 is 0 Å². The average molecular weight is 308 g/mol. The topological polar surface area (TPSA) is 34.2 Å². The van der Waals surface area contributed by atoms with Gasteiger partial charge in [-0.1, -0.05) is 6.92 Å². The molecular formula is C13H19F3N2OS. The molecular weight excluding hydrogens is 289 g/mol. The molecule has 0 fully saturated rings. The molecule has 1 atom stereocenters. The largest absolute Gasteiger partial charge is 0.411 e. The Balaban J connectivity index is 1.95. The van der Waals surface area contributed by atoms with Gasteiger partial charge >= 0.3 is 6.18 Å². The lowest BCUT2D eigenvalue weighted by molar-refractivity contribution is -0.176. The summed E-state index contributed by atoms with van der Waals surface area (Å²) in [5.41, 5.74) is 1.03. The Morgan fingerprint density at radius 1 is 1.45 bits per heavy atom. The first-order valence-corrected chi connectivity index (χ1v) is 7.67. The summed E-state index contributed by atoms with van der Waals surface area (Å²) in [6.07, 6.45) is -0.164. The van der Waals surface area contributed by atoms with Crippen molar-refractivity contribution in [3.63, 3.8) is 0 Å². The lowest BCUT2D eigenvalue weighted by atomic mass is 9.98. The van der Waals surface area contributed by atoms with E-state index in [-0.39, 0.29) is 6.61 Å². The summed E-state index contributed by atoms with van der Waals surface area (Å²) in [6, 6.07) is 0.299. The zero-order valence-electron chi connectivity index (χ0n) is 11.4. The van der Waals surface area contributed by atoms with Crippen LogP contribution < -0.4 is 5.32 Å². The second-order valence-corrected chi connectivity index (χ2v) is 6.04. The van der Waals surface area contributed by atoms with Gasteiger partial charge in [-0.25, -0.2) is 4.98 Å². The summed E-state index contributed by atoms with van der Waals surface area (Å²) in [4.78, 5) is 5.59. The minimum atomic E-state index is -4.28. The number of aryl methyl sites for hydroxylation is 1. The van der Waals surface area contributed by atoms with E-state index in [1.54, 1.807) is 0 Å². The van der Waals surface area contributed by atoms with Crippen LogP contribution in [0.3, 0.4) is 0 Å². The molecule has 114 valence electrons. The van der Waals surface area contributed by atoms with Gasteiger partial charge in [-0.05, 0) is 32.2 Å². The molecule has 1 aromatic heterocycles. The quantitative estimate of drug-likeness (QED) is 0.872. The summed E-state index contributed by atoms with van der Waals surface area (Å²) >= 11 is 1.48. The highest BCUT2D eigenvalue weighted by molar-refractivity contribution is 7.11. The van der Waals surface area contributed by atoms with Crippen LogP contribution in [-0.4, -0.2) is 24.3 Å². The van der Waals surface area contributed by atoms with E-state index in [0.717, 1.165) is 37.9 Å². The summed E-state index contributed by atoms with van der Waals surface area (Å²) < 4.78 is 40.8. The molecule has 0 bridgehead atoms. The average Bonchev–Trinajstić information content (AvgIpc) is 2.78. The third-order valence-corrected chi connectivity index (χ3v) is 4.31. The van der Waals surface area contributed by atoms with Crippen molar-refractivity contribution in [1.29, 1.82) is 0 Å². The van der Waals surface area contributed by atoms with Crippen molar-refractivity contribution in [2.75, 3.05) is 13.2 Å². The summed E-state index contributed by atoms with van der Waals surface area (Å²) in [5.74, 6) is 0. The Bertz CT molecular complexity index is 434. The molecule has 3 nitrogen and oxygen atoms in total. The van der Waals surface area contributed by atoms with Gasteiger partial charge < -0.3 is 10.1 Å². The van der Waals surface area contributed by atoms with Crippen molar-refractivity contribution in [2.45, 2.75) is 51.4 Å². The van der Waals surface area contributed by atoms with Gasteiger partial charge in [0.05, 0.1) is 12.3 Å². The van der Waals surface area contributed by atoms with Gasteiger partial charge in [0.25, 0.3) is 0 Å². The number of fused-ring (bicyclic) bond motifs is 1. The van der Waals surface area contributed by atoms with Crippen LogP contribution in [0.15, 0.2) is 0 Å². The molecule has 0 radical (unpaired) electrons. The van der Waals surface area contributed by atoms with Gasteiger partial charge in [-0.2, -0.15) is 13.2 Å². The number of hydrogen-bond acceptors (Lipinski definition) is 4. The Kier molecular flexibility index (Phi) is 5.40. The number of thiazole rings is 1. The fraction of sp³-hybridized carbons (Fsp3) is 0.769. The summed E-state index contributed by atoms with van der Waals surface area (Å²) in [7, 11) is 0. The van der Waals surface area contributed by atoms with Crippen molar-refractivity contribution in [3.05, 3.63) is 15.6 Å². The lowest BCUT2D eigenvalue weighted by Gasteiger charge is -2.22. The summed E-state index contributed by atoms with van der Waals surface area (Å²) in [6.45, 7) is 1.79. The van der Waals surface area contributed by atoms with E-state index in [2.05, 4.69) is 22.0 Å². The zero-order valence-corrected chi connectivity index (χ0v) is 12.2. The molecule has 0 amide bonds. The number of aromatic nitrogens is 1. The molecule has 1 N–H and O–H groups in total. The Morgan fingerprint density at radius 3 is 2.95 bits per heavy atom. The number of hydrogen-bond donors (Lipinski definition) is 1. The Morgan fingerprint density at radius 2 is 2.25 bits per heavy atom. The van der Waals surface area contributed by atoms with E-state index < -0.39 is 12.8 Å². The molecule has 0 aliphatic heterocycles. The maximum absolute atomic E-state index is 12.0. The van der Waals surface area contributed by atoms with E-state index in [9.17, 15) is 13.2 Å². The molecule has 0 aromatic carbocycles. The maximum atomic E-state index is 12.0.